The Kier molecular flexibility index (Phi) is 10.5. The summed E-state index contributed by atoms with van der Waals surface area (Å²) >= 11 is 0. The SMILES string of the molecule is CCC=CCCOc1c(OCC=C(C)CCC=C(C)C)c2c(OC(C)(C)C)cccc2oc1=O. The van der Waals surface area contributed by atoms with Gasteiger partial charge in [-0.3, -0.25) is 0 Å². The zero-order valence-corrected chi connectivity index (χ0v) is 21.8. The Morgan fingerprint density at radius 3 is 2.44 bits per heavy atom. The van der Waals surface area contributed by atoms with Gasteiger partial charge in [0.05, 0.1) is 6.61 Å². The lowest BCUT2D eigenvalue weighted by atomic mass is 10.1. The van der Waals surface area contributed by atoms with E-state index >= 15 is 0 Å². The van der Waals surface area contributed by atoms with Crippen molar-refractivity contribution in [3.63, 3.8) is 0 Å². The maximum Gasteiger partial charge on any atom is 0.383 e. The molecule has 0 N–H and O–H groups in total. The van der Waals surface area contributed by atoms with Gasteiger partial charge < -0.3 is 18.6 Å². The summed E-state index contributed by atoms with van der Waals surface area (Å²) in [5, 5.41) is 0.603. The van der Waals surface area contributed by atoms with E-state index in [9.17, 15) is 4.79 Å². The van der Waals surface area contributed by atoms with Crippen molar-refractivity contribution in [2.75, 3.05) is 13.2 Å². The standard InChI is InChI=1S/C29H40O5/c1-8-9-10-11-19-31-27-26(32-20-18-22(4)15-12-14-21(2)3)25-23(33-28(27)30)16-13-17-24(25)34-29(5,6)7/h9-10,13-14,16-18H,8,11-12,15,19-20H2,1-7H3. The first-order valence-corrected chi connectivity index (χ1v) is 12.1. The first-order chi connectivity index (χ1) is 16.1. The summed E-state index contributed by atoms with van der Waals surface area (Å²) in [6.07, 6.45) is 12.0. The van der Waals surface area contributed by atoms with Crippen LogP contribution in [0.15, 0.2) is 62.9 Å². The topological polar surface area (TPSA) is 57.9 Å². The van der Waals surface area contributed by atoms with Crippen LogP contribution in [-0.4, -0.2) is 18.8 Å². The van der Waals surface area contributed by atoms with Gasteiger partial charge in [-0.05, 0) is 85.4 Å². The Morgan fingerprint density at radius 1 is 1.00 bits per heavy atom. The van der Waals surface area contributed by atoms with E-state index in [1.807, 2.05) is 39.0 Å². The van der Waals surface area contributed by atoms with Gasteiger partial charge in [-0.15, -0.1) is 0 Å². The van der Waals surface area contributed by atoms with E-state index in [0.29, 0.717) is 42.1 Å². The number of hydrogen-bond donors (Lipinski definition) is 0. The minimum atomic E-state index is -0.556. The third-order valence-corrected chi connectivity index (χ3v) is 4.91. The van der Waals surface area contributed by atoms with Crippen molar-refractivity contribution >= 4 is 11.0 Å². The molecule has 0 radical (unpaired) electrons. The molecule has 5 heteroatoms. The quantitative estimate of drug-likeness (QED) is 0.181. The molecule has 1 aromatic carbocycles. The molecule has 186 valence electrons. The van der Waals surface area contributed by atoms with Gasteiger partial charge in [-0.2, -0.15) is 0 Å². The number of allylic oxidation sites excluding steroid dienone is 4. The molecule has 34 heavy (non-hydrogen) atoms. The van der Waals surface area contributed by atoms with Crippen LogP contribution in [0.25, 0.3) is 11.0 Å². The Bertz CT molecular complexity index is 1080. The molecule has 0 unspecified atom stereocenters. The number of fused-ring (bicyclic) bond motifs is 1. The second-order valence-electron chi connectivity index (χ2n) is 9.59. The third kappa shape index (κ3) is 8.77. The number of benzene rings is 1. The summed E-state index contributed by atoms with van der Waals surface area (Å²) < 4.78 is 23.8. The van der Waals surface area contributed by atoms with Crippen molar-refractivity contribution in [2.45, 2.75) is 79.8 Å². The molecule has 0 saturated carbocycles. The monoisotopic (exact) mass is 468 g/mol. The fraction of sp³-hybridized carbons (Fsp3) is 0.483. The molecule has 5 nitrogen and oxygen atoms in total. The van der Waals surface area contributed by atoms with Crippen LogP contribution in [0.1, 0.15) is 74.1 Å². The van der Waals surface area contributed by atoms with Gasteiger partial charge >= 0.3 is 5.63 Å². The second kappa shape index (κ2) is 13.1. The largest absolute Gasteiger partial charge is 0.487 e. The van der Waals surface area contributed by atoms with Crippen LogP contribution >= 0.6 is 0 Å². The van der Waals surface area contributed by atoms with Gasteiger partial charge in [0, 0.05) is 0 Å². The minimum Gasteiger partial charge on any atom is -0.487 e. The molecule has 2 aromatic rings. The molecule has 0 aliphatic heterocycles. The van der Waals surface area contributed by atoms with Gasteiger partial charge in [0.2, 0.25) is 5.75 Å². The van der Waals surface area contributed by atoms with E-state index in [4.69, 9.17) is 18.6 Å². The Labute approximate surface area is 204 Å². The van der Waals surface area contributed by atoms with Crippen LogP contribution in [-0.2, 0) is 0 Å². The number of ether oxygens (including phenoxy) is 3. The van der Waals surface area contributed by atoms with Crippen molar-refractivity contribution in [1.82, 2.24) is 0 Å². The lowest BCUT2D eigenvalue weighted by Gasteiger charge is -2.23. The summed E-state index contributed by atoms with van der Waals surface area (Å²) in [6.45, 7) is 15.0. The van der Waals surface area contributed by atoms with E-state index < -0.39 is 11.2 Å². The van der Waals surface area contributed by atoms with Crippen LogP contribution in [0.3, 0.4) is 0 Å². The van der Waals surface area contributed by atoms with Gasteiger partial charge in [0.15, 0.2) is 5.75 Å². The molecule has 1 aromatic heterocycles. The Balaban J connectivity index is 2.42. The van der Waals surface area contributed by atoms with Gasteiger partial charge in [0.25, 0.3) is 0 Å². The molecule has 0 fully saturated rings. The highest BCUT2D eigenvalue weighted by molar-refractivity contribution is 5.91. The maximum absolute atomic E-state index is 12.8. The van der Waals surface area contributed by atoms with Crippen molar-refractivity contribution in [2.24, 2.45) is 0 Å². The second-order valence-corrected chi connectivity index (χ2v) is 9.59. The number of rotatable bonds is 12. The molecule has 0 aliphatic rings. The molecule has 0 atom stereocenters. The van der Waals surface area contributed by atoms with Crippen LogP contribution in [0.4, 0.5) is 0 Å². The highest BCUT2D eigenvalue weighted by Crippen LogP contribution is 2.40. The fourth-order valence-electron chi connectivity index (χ4n) is 3.32. The smallest absolute Gasteiger partial charge is 0.383 e. The Hall–Kier alpha value is -2.95. The van der Waals surface area contributed by atoms with E-state index in [-0.39, 0.29) is 5.75 Å². The summed E-state index contributed by atoms with van der Waals surface area (Å²) in [5.74, 6) is 1.03. The van der Waals surface area contributed by atoms with Gasteiger partial charge in [-0.1, -0.05) is 42.4 Å². The molecule has 0 bridgehead atoms. The van der Waals surface area contributed by atoms with Crippen LogP contribution in [0, 0.1) is 0 Å². The average Bonchev–Trinajstić information content (AvgIpc) is 2.73. The van der Waals surface area contributed by atoms with E-state index in [0.717, 1.165) is 19.3 Å². The van der Waals surface area contributed by atoms with Crippen LogP contribution in [0.2, 0.25) is 0 Å². The lowest BCUT2D eigenvalue weighted by molar-refractivity contribution is 0.132. The highest BCUT2D eigenvalue weighted by atomic mass is 16.5. The fourth-order valence-corrected chi connectivity index (χ4v) is 3.32. The third-order valence-electron chi connectivity index (χ3n) is 4.91. The maximum atomic E-state index is 12.8. The van der Waals surface area contributed by atoms with E-state index in [1.165, 1.54) is 11.1 Å². The first kappa shape index (κ1) is 27.3. The molecule has 0 saturated heterocycles. The van der Waals surface area contributed by atoms with Crippen molar-refractivity contribution in [3.8, 4) is 17.2 Å². The summed E-state index contributed by atoms with van der Waals surface area (Å²) in [4.78, 5) is 12.8. The van der Waals surface area contributed by atoms with Crippen LogP contribution < -0.4 is 19.8 Å². The van der Waals surface area contributed by atoms with E-state index in [1.54, 1.807) is 12.1 Å². The summed E-state index contributed by atoms with van der Waals surface area (Å²) in [5.41, 5.74) is 1.95. The van der Waals surface area contributed by atoms with Gasteiger partial charge in [0.1, 0.15) is 28.9 Å². The lowest BCUT2D eigenvalue weighted by Crippen LogP contribution is -2.23. The van der Waals surface area contributed by atoms with Crippen molar-refractivity contribution in [1.29, 1.82) is 0 Å². The van der Waals surface area contributed by atoms with Crippen molar-refractivity contribution < 1.29 is 18.6 Å². The van der Waals surface area contributed by atoms with Gasteiger partial charge in [-0.25, -0.2) is 4.79 Å². The molecular formula is C29H40O5. The molecule has 2 rings (SSSR count). The summed E-state index contributed by atoms with van der Waals surface area (Å²) in [6, 6.07) is 5.40. The Morgan fingerprint density at radius 2 is 1.76 bits per heavy atom. The molecule has 1 heterocycles. The summed E-state index contributed by atoms with van der Waals surface area (Å²) in [7, 11) is 0. The normalized spacial score (nSPS) is 12.3. The molecule has 0 spiro atoms. The molecule has 0 aliphatic carbocycles. The first-order valence-electron chi connectivity index (χ1n) is 12.1. The highest BCUT2D eigenvalue weighted by Gasteiger charge is 2.23. The average molecular weight is 469 g/mol. The predicted molar refractivity (Wildman–Crippen MR) is 140 cm³/mol. The zero-order valence-electron chi connectivity index (χ0n) is 21.8. The van der Waals surface area contributed by atoms with Crippen LogP contribution in [0.5, 0.6) is 17.2 Å². The predicted octanol–water partition coefficient (Wildman–Crippen LogP) is 7.78. The van der Waals surface area contributed by atoms with Crippen molar-refractivity contribution in [3.05, 3.63) is 64.1 Å². The minimum absolute atomic E-state index is 0.0814. The number of hydrogen-bond acceptors (Lipinski definition) is 5. The molecular weight excluding hydrogens is 428 g/mol. The molecule has 0 amide bonds. The van der Waals surface area contributed by atoms with E-state index in [2.05, 4.69) is 39.8 Å². The zero-order chi connectivity index (χ0) is 25.1.